The minimum Gasteiger partial charge on any atom is -0.325 e. The first kappa shape index (κ1) is 12.3. The molecule has 0 fully saturated rings. The van der Waals surface area contributed by atoms with Gasteiger partial charge in [0.15, 0.2) is 0 Å². The average Bonchev–Trinajstić information content (AvgIpc) is 2.57. The summed E-state index contributed by atoms with van der Waals surface area (Å²) < 4.78 is 2.93. The molecule has 0 aliphatic heterocycles. The van der Waals surface area contributed by atoms with Gasteiger partial charge in [-0.25, -0.2) is 0 Å². The lowest BCUT2D eigenvalue weighted by atomic mass is 10.0. The van der Waals surface area contributed by atoms with E-state index in [0.717, 1.165) is 27.0 Å². The van der Waals surface area contributed by atoms with Crippen LogP contribution in [0.15, 0.2) is 22.7 Å². The maximum atomic E-state index is 5.74. The van der Waals surface area contributed by atoms with Crippen LogP contribution >= 0.6 is 15.9 Å². The van der Waals surface area contributed by atoms with Crippen molar-refractivity contribution in [1.29, 1.82) is 0 Å². The summed E-state index contributed by atoms with van der Waals surface area (Å²) in [6, 6.07) is 6.24. The highest BCUT2D eigenvalue weighted by atomic mass is 79.9. The molecule has 0 bridgehead atoms. The van der Waals surface area contributed by atoms with E-state index in [1.807, 2.05) is 17.8 Å². The molecular formula is C13H16BrN3. The molecule has 17 heavy (non-hydrogen) atoms. The summed E-state index contributed by atoms with van der Waals surface area (Å²) in [5.74, 6) is 0. The SMILES string of the molecule is Cc1ccc(Br)cc1-c1nn(C)c(CN)c1C. The third kappa shape index (κ3) is 2.15. The summed E-state index contributed by atoms with van der Waals surface area (Å²) in [4.78, 5) is 0. The number of hydrogen-bond acceptors (Lipinski definition) is 2. The van der Waals surface area contributed by atoms with Gasteiger partial charge in [0.25, 0.3) is 0 Å². The fourth-order valence-corrected chi connectivity index (χ4v) is 2.42. The highest BCUT2D eigenvalue weighted by Gasteiger charge is 2.14. The highest BCUT2D eigenvalue weighted by molar-refractivity contribution is 9.10. The number of nitrogens with zero attached hydrogens (tertiary/aromatic N) is 2. The zero-order valence-electron chi connectivity index (χ0n) is 10.3. The number of aromatic nitrogens is 2. The molecule has 90 valence electrons. The molecule has 0 aliphatic rings. The molecule has 3 nitrogen and oxygen atoms in total. The molecule has 0 spiro atoms. The van der Waals surface area contributed by atoms with Gasteiger partial charge in [0.1, 0.15) is 0 Å². The Bertz CT molecular complexity index is 558. The van der Waals surface area contributed by atoms with Gasteiger partial charge in [-0.2, -0.15) is 5.10 Å². The normalized spacial score (nSPS) is 10.9. The summed E-state index contributed by atoms with van der Waals surface area (Å²) in [7, 11) is 1.94. The van der Waals surface area contributed by atoms with Gasteiger partial charge in [0.2, 0.25) is 0 Å². The molecule has 0 amide bonds. The van der Waals surface area contributed by atoms with E-state index in [4.69, 9.17) is 5.73 Å². The lowest BCUT2D eigenvalue weighted by molar-refractivity contribution is 0.712. The van der Waals surface area contributed by atoms with Crippen LogP contribution < -0.4 is 5.73 Å². The molecule has 1 aromatic carbocycles. The minimum atomic E-state index is 0.516. The molecular weight excluding hydrogens is 278 g/mol. The van der Waals surface area contributed by atoms with Gasteiger partial charge in [-0.3, -0.25) is 4.68 Å². The molecule has 0 aliphatic carbocycles. The molecule has 2 N–H and O–H groups in total. The third-order valence-corrected chi connectivity index (χ3v) is 3.57. The fraction of sp³-hybridized carbons (Fsp3) is 0.308. The maximum Gasteiger partial charge on any atom is 0.0958 e. The Labute approximate surface area is 110 Å². The van der Waals surface area contributed by atoms with Crippen molar-refractivity contribution in [2.24, 2.45) is 12.8 Å². The Balaban J connectivity index is 2.64. The molecule has 0 radical (unpaired) electrons. The van der Waals surface area contributed by atoms with Crippen LogP contribution in [0.3, 0.4) is 0 Å². The standard InChI is InChI=1S/C13H16BrN3/c1-8-4-5-10(14)6-11(8)13-9(2)12(7-15)17(3)16-13/h4-6H,7,15H2,1-3H3. The van der Waals surface area contributed by atoms with E-state index in [1.54, 1.807) is 0 Å². The largest absolute Gasteiger partial charge is 0.325 e. The zero-order chi connectivity index (χ0) is 12.6. The molecule has 0 saturated heterocycles. The number of aryl methyl sites for hydroxylation is 2. The highest BCUT2D eigenvalue weighted by Crippen LogP contribution is 2.29. The molecule has 0 saturated carbocycles. The van der Waals surface area contributed by atoms with Gasteiger partial charge >= 0.3 is 0 Å². The second-order valence-electron chi connectivity index (χ2n) is 4.21. The lowest BCUT2D eigenvalue weighted by Crippen LogP contribution is -2.05. The molecule has 2 aromatic rings. The Kier molecular flexibility index (Phi) is 3.35. The summed E-state index contributed by atoms with van der Waals surface area (Å²) in [6.45, 7) is 4.69. The van der Waals surface area contributed by atoms with E-state index in [2.05, 4.69) is 47.0 Å². The first-order valence-corrected chi connectivity index (χ1v) is 6.33. The van der Waals surface area contributed by atoms with Crippen LogP contribution in [0.4, 0.5) is 0 Å². The van der Waals surface area contributed by atoms with Crippen LogP contribution in [0.5, 0.6) is 0 Å². The van der Waals surface area contributed by atoms with Crippen molar-refractivity contribution < 1.29 is 0 Å². The second-order valence-corrected chi connectivity index (χ2v) is 5.12. The summed E-state index contributed by atoms with van der Waals surface area (Å²) in [5, 5.41) is 4.57. The summed E-state index contributed by atoms with van der Waals surface area (Å²) in [6.07, 6.45) is 0. The quantitative estimate of drug-likeness (QED) is 0.925. The molecule has 0 atom stereocenters. The molecule has 4 heteroatoms. The van der Waals surface area contributed by atoms with Gasteiger partial charge in [-0.05, 0) is 37.1 Å². The van der Waals surface area contributed by atoms with Gasteiger partial charge in [-0.1, -0.05) is 22.0 Å². The maximum absolute atomic E-state index is 5.74. The van der Waals surface area contributed by atoms with E-state index >= 15 is 0 Å². The van der Waals surface area contributed by atoms with Gasteiger partial charge in [0, 0.05) is 23.6 Å². The lowest BCUT2D eigenvalue weighted by Gasteiger charge is -2.04. The first-order chi connectivity index (χ1) is 8.04. The monoisotopic (exact) mass is 293 g/mol. The number of rotatable bonds is 2. The van der Waals surface area contributed by atoms with E-state index in [1.165, 1.54) is 5.56 Å². The Morgan fingerprint density at radius 2 is 2.06 bits per heavy atom. The van der Waals surface area contributed by atoms with Crippen LogP contribution in [0.1, 0.15) is 16.8 Å². The first-order valence-electron chi connectivity index (χ1n) is 5.53. The van der Waals surface area contributed by atoms with Crippen LogP contribution in [0, 0.1) is 13.8 Å². The Hall–Kier alpha value is -1.13. The van der Waals surface area contributed by atoms with Crippen LogP contribution in [-0.2, 0) is 13.6 Å². The molecule has 2 rings (SSSR count). The van der Waals surface area contributed by atoms with Crippen molar-refractivity contribution in [3.05, 3.63) is 39.5 Å². The number of hydrogen-bond donors (Lipinski definition) is 1. The minimum absolute atomic E-state index is 0.516. The Morgan fingerprint density at radius 1 is 1.35 bits per heavy atom. The van der Waals surface area contributed by atoms with E-state index in [9.17, 15) is 0 Å². The van der Waals surface area contributed by atoms with E-state index < -0.39 is 0 Å². The molecule has 1 heterocycles. The molecule has 1 aromatic heterocycles. The smallest absolute Gasteiger partial charge is 0.0958 e. The predicted octanol–water partition coefficient (Wildman–Crippen LogP) is 2.93. The second kappa shape index (κ2) is 4.63. The van der Waals surface area contributed by atoms with Gasteiger partial charge in [0.05, 0.1) is 11.4 Å². The number of halogens is 1. The van der Waals surface area contributed by atoms with Crippen molar-refractivity contribution >= 4 is 15.9 Å². The number of nitrogens with two attached hydrogens (primary N) is 1. The predicted molar refractivity (Wildman–Crippen MR) is 73.7 cm³/mol. The molecule has 0 unspecified atom stereocenters. The van der Waals surface area contributed by atoms with Crippen LogP contribution in [0.25, 0.3) is 11.3 Å². The fourth-order valence-electron chi connectivity index (χ4n) is 2.06. The van der Waals surface area contributed by atoms with Gasteiger partial charge in [-0.15, -0.1) is 0 Å². The van der Waals surface area contributed by atoms with Crippen molar-refractivity contribution in [1.82, 2.24) is 9.78 Å². The topological polar surface area (TPSA) is 43.8 Å². The number of benzene rings is 1. The average molecular weight is 294 g/mol. The zero-order valence-corrected chi connectivity index (χ0v) is 11.9. The van der Waals surface area contributed by atoms with Crippen LogP contribution in [-0.4, -0.2) is 9.78 Å². The third-order valence-electron chi connectivity index (χ3n) is 3.08. The Morgan fingerprint density at radius 3 is 2.65 bits per heavy atom. The van der Waals surface area contributed by atoms with Crippen molar-refractivity contribution in [2.75, 3.05) is 0 Å². The summed E-state index contributed by atoms with van der Waals surface area (Å²) in [5.41, 5.74) is 11.4. The van der Waals surface area contributed by atoms with Crippen molar-refractivity contribution in [2.45, 2.75) is 20.4 Å². The van der Waals surface area contributed by atoms with Crippen molar-refractivity contribution in [3.63, 3.8) is 0 Å². The van der Waals surface area contributed by atoms with E-state index in [-0.39, 0.29) is 0 Å². The summed E-state index contributed by atoms with van der Waals surface area (Å²) >= 11 is 3.50. The van der Waals surface area contributed by atoms with E-state index in [0.29, 0.717) is 6.54 Å². The van der Waals surface area contributed by atoms with Crippen LogP contribution in [0.2, 0.25) is 0 Å². The van der Waals surface area contributed by atoms with Crippen molar-refractivity contribution in [3.8, 4) is 11.3 Å². The van der Waals surface area contributed by atoms with Gasteiger partial charge < -0.3 is 5.73 Å².